The van der Waals surface area contributed by atoms with Gasteiger partial charge in [-0.3, -0.25) is 0 Å². The van der Waals surface area contributed by atoms with E-state index in [2.05, 4.69) is 15.3 Å². The van der Waals surface area contributed by atoms with Crippen LogP contribution in [-0.2, 0) is 0 Å². The molecule has 17 heavy (non-hydrogen) atoms. The molecule has 5 nitrogen and oxygen atoms in total. The third-order valence-electron chi connectivity index (χ3n) is 3.29. The molecule has 0 aromatic carbocycles. The summed E-state index contributed by atoms with van der Waals surface area (Å²) in [4.78, 5) is 8.61. The highest BCUT2D eigenvalue weighted by molar-refractivity contribution is 5.31. The van der Waals surface area contributed by atoms with E-state index in [4.69, 9.17) is 10.5 Å². The van der Waals surface area contributed by atoms with E-state index in [-0.39, 0.29) is 0 Å². The lowest BCUT2D eigenvalue weighted by Crippen LogP contribution is -2.20. The zero-order chi connectivity index (χ0) is 12.3. The fourth-order valence-corrected chi connectivity index (χ4v) is 1.99. The number of hydrogen-bond donors (Lipinski definition) is 2. The van der Waals surface area contributed by atoms with Crippen LogP contribution in [0.1, 0.15) is 25.0 Å². The van der Waals surface area contributed by atoms with Gasteiger partial charge in [0.2, 0.25) is 11.8 Å². The van der Waals surface area contributed by atoms with Crippen molar-refractivity contribution in [1.29, 1.82) is 0 Å². The summed E-state index contributed by atoms with van der Waals surface area (Å²) < 4.78 is 5.12. The summed E-state index contributed by atoms with van der Waals surface area (Å²) >= 11 is 0. The number of aromatic nitrogens is 2. The molecule has 5 heteroatoms. The monoisotopic (exact) mass is 236 g/mol. The number of nitrogens with one attached hydrogen (secondary N) is 1. The SMILES string of the molecule is COc1cc(C)nc(NCC2(CCN)CC2)n1. The lowest BCUT2D eigenvalue weighted by Gasteiger charge is -2.15. The summed E-state index contributed by atoms with van der Waals surface area (Å²) in [6.07, 6.45) is 3.57. The largest absolute Gasteiger partial charge is 0.481 e. The molecule has 1 aromatic heterocycles. The Morgan fingerprint density at radius 2 is 2.24 bits per heavy atom. The van der Waals surface area contributed by atoms with E-state index in [0.717, 1.165) is 25.2 Å². The normalized spacial score (nSPS) is 16.6. The van der Waals surface area contributed by atoms with E-state index in [9.17, 15) is 0 Å². The molecule has 0 bridgehead atoms. The molecule has 0 amide bonds. The summed E-state index contributed by atoms with van der Waals surface area (Å²) in [5.74, 6) is 1.24. The van der Waals surface area contributed by atoms with Gasteiger partial charge in [0.15, 0.2) is 0 Å². The van der Waals surface area contributed by atoms with Crippen LogP contribution >= 0.6 is 0 Å². The fourth-order valence-electron chi connectivity index (χ4n) is 1.99. The minimum absolute atomic E-state index is 0.384. The van der Waals surface area contributed by atoms with Crippen LogP contribution in [0.2, 0.25) is 0 Å². The Balaban J connectivity index is 1.97. The Bertz CT molecular complexity index is 390. The first kappa shape index (κ1) is 12.1. The lowest BCUT2D eigenvalue weighted by atomic mass is 10.0. The van der Waals surface area contributed by atoms with Gasteiger partial charge in [-0.05, 0) is 38.1 Å². The molecule has 1 aliphatic rings. The quantitative estimate of drug-likeness (QED) is 0.779. The fraction of sp³-hybridized carbons (Fsp3) is 0.667. The molecule has 1 aromatic rings. The summed E-state index contributed by atoms with van der Waals surface area (Å²) in [5.41, 5.74) is 6.90. The molecule has 0 radical (unpaired) electrons. The van der Waals surface area contributed by atoms with Crippen molar-refractivity contribution in [3.8, 4) is 5.88 Å². The number of hydrogen-bond acceptors (Lipinski definition) is 5. The average molecular weight is 236 g/mol. The maximum Gasteiger partial charge on any atom is 0.226 e. The molecule has 0 atom stereocenters. The van der Waals surface area contributed by atoms with Crippen LogP contribution in [0.5, 0.6) is 5.88 Å². The third kappa shape index (κ3) is 3.06. The van der Waals surface area contributed by atoms with E-state index in [0.29, 0.717) is 17.2 Å². The molecule has 1 aliphatic carbocycles. The van der Waals surface area contributed by atoms with E-state index in [1.165, 1.54) is 12.8 Å². The number of nitrogens with zero attached hydrogens (tertiary/aromatic N) is 2. The number of aryl methyl sites for hydroxylation is 1. The van der Waals surface area contributed by atoms with Gasteiger partial charge in [-0.15, -0.1) is 0 Å². The Hall–Kier alpha value is -1.36. The van der Waals surface area contributed by atoms with Crippen LogP contribution in [0.15, 0.2) is 6.07 Å². The van der Waals surface area contributed by atoms with Gasteiger partial charge in [-0.1, -0.05) is 0 Å². The molecule has 2 rings (SSSR count). The highest BCUT2D eigenvalue weighted by atomic mass is 16.5. The van der Waals surface area contributed by atoms with Crippen molar-refractivity contribution in [2.24, 2.45) is 11.1 Å². The van der Waals surface area contributed by atoms with Gasteiger partial charge < -0.3 is 15.8 Å². The van der Waals surface area contributed by atoms with Crippen molar-refractivity contribution in [1.82, 2.24) is 9.97 Å². The molecular formula is C12H20N4O. The Labute approximate surface area is 102 Å². The van der Waals surface area contributed by atoms with Gasteiger partial charge in [-0.2, -0.15) is 4.98 Å². The molecule has 1 saturated carbocycles. The summed E-state index contributed by atoms with van der Waals surface area (Å²) in [7, 11) is 1.61. The van der Waals surface area contributed by atoms with Crippen LogP contribution in [-0.4, -0.2) is 30.2 Å². The summed E-state index contributed by atoms with van der Waals surface area (Å²) in [6.45, 7) is 3.58. The molecular weight excluding hydrogens is 216 g/mol. The van der Waals surface area contributed by atoms with Gasteiger partial charge in [0.25, 0.3) is 0 Å². The number of ether oxygens (including phenoxy) is 1. The number of nitrogens with two attached hydrogens (primary N) is 1. The maximum absolute atomic E-state index is 5.61. The maximum atomic E-state index is 5.61. The van der Waals surface area contributed by atoms with Crippen molar-refractivity contribution in [3.05, 3.63) is 11.8 Å². The second kappa shape index (κ2) is 4.87. The molecule has 0 saturated heterocycles. The van der Waals surface area contributed by atoms with Crippen LogP contribution in [0.25, 0.3) is 0 Å². The van der Waals surface area contributed by atoms with Crippen LogP contribution < -0.4 is 15.8 Å². The predicted molar refractivity (Wildman–Crippen MR) is 67.1 cm³/mol. The third-order valence-corrected chi connectivity index (χ3v) is 3.29. The first-order chi connectivity index (χ1) is 8.17. The minimum Gasteiger partial charge on any atom is -0.481 e. The second-order valence-electron chi connectivity index (χ2n) is 4.77. The molecule has 1 fully saturated rings. The van der Waals surface area contributed by atoms with Gasteiger partial charge in [-0.25, -0.2) is 4.98 Å². The van der Waals surface area contributed by atoms with E-state index < -0.39 is 0 Å². The van der Waals surface area contributed by atoms with E-state index >= 15 is 0 Å². The molecule has 0 spiro atoms. The van der Waals surface area contributed by atoms with Gasteiger partial charge in [0, 0.05) is 18.3 Å². The highest BCUT2D eigenvalue weighted by Crippen LogP contribution is 2.48. The Morgan fingerprint density at radius 1 is 1.47 bits per heavy atom. The number of rotatable bonds is 6. The van der Waals surface area contributed by atoms with Crippen molar-refractivity contribution < 1.29 is 4.74 Å². The minimum atomic E-state index is 0.384. The molecule has 3 N–H and O–H groups in total. The van der Waals surface area contributed by atoms with Crippen molar-refractivity contribution in [2.75, 3.05) is 25.5 Å². The first-order valence-corrected chi connectivity index (χ1v) is 6.01. The first-order valence-electron chi connectivity index (χ1n) is 6.01. The van der Waals surface area contributed by atoms with Crippen molar-refractivity contribution >= 4 is 5.95 Å². The van der Waals surface area contributed by atoms with Gasteiger partial charge in [0.1, 0.15) is 0 Å². The zero-order valence-corrected chi connectivity index (χ0v) is 10.5. The van der Waals surface area contributed by atoms with Crippen LogP contribution in [0.3, 0.4) is 0 Å². The highest BCUT2D eigenvalue weighted by Gasteiger charge is 2.41. The van der Waals surface area contributed by atoms with E-state index in [1.54, 1.807) is 7.11 Å². The second-order valence-corrected chi connectivity index (χ2v) is 4.77. The Kier molecular flexibility index (Phi) is 3.47. The summed E-state index contributed by atoms with van der Waals surface area (Å²) in [6, 6.07) is 1.82. The standard InChI is InChI=1S/C12H20N4O/c1-9-7-10(17-2)16-11(15-9)14-8-12(3-4-12)5-6-13/h7H,3-6,8,13H2,1-2H3,(H,14,15,16). The van der Waals surface area contributed by atoms with Crippen molar-refractivity contribution in [3.63, 3.8) is 0 Å². The number of methoxy groups -OCH3 is 1. The van der Waals surface area contributed by atoms with Crippen LogP contribution in [0, 0.1) is 12.3 Å². The van der Waals surface area contributed by atoms with Crippen molar-refractivity contribution in [2.45, 2.75) is 26.2 Å². The summed E-state index contributed by atoms with van der Waals surface area (Å²) in [5, 5.41) is 3.29. The topological polar surface area (TPSA) is 73.1 Å². The molecule has 0 unspecified atom stereocenters. The molecule has 0 aliphatic heterocycles. The molecule has 94 valence electrons. The zero-order valence-electron chi connectivity index (χ0n) is 10.5. The Morgan fingerprint density at radius 3 is 2.82 bits per heavy atom. The molecule has 1 heterocycles. The number of anilines is 1. The smallest absolute Gasteiger partial charge is 0.226 e. The van der Waals surface area contributed by atoms with Gasteiger partial charge >= 0.3 is 0 Å². The van der Waals surface area contributed by atoms with E-state index in [1.807, 2.05) is 13.0 Å². The average Bonchev–Trinajstić information content (AvgIpc) is 3.07. The lowest BCUT2D eigenvalue weighted by molar-refractivity contribution is 0.396. The predicted octanol–water partition coefficient (Wildman–Crippen LogP) is 1.33. The van der Waals surface area contributed by atoms with Gasteiger partial charge in [0.05, 0.1) is 7.11 Å². The van der Waals surface area contributed by atoms with Crippen LogP contribution in [0.4, 0.5) is 5.95 Å².